The second-order valence-corrected chi connectivity index (χ2v) is 14.8. The van der Waals surface area contributed by atoms with E-state index in [4.69, 9.17) is 15.0 Å². The predicted molar refractivity (Wildman–Crippen MR) is 244 cm³/mol. The Labute approximate surface area is 342 Å². The Morgan fingerprint density at radius 3 is 1.34 bits per heavy atom. The van der Waals surface area contributed by atoms with Crippen LogP contribution in [0.3, 0.4) is 0 Å². The maximum Gasteiger partial charge on any atom is 0.164 e. The number of hydrogen-bond donors (Lipinski definition) is 0. The number of fused-ring (bicyclic) bond motifs is 4. The smallest absolute Gasteiger partial charge is 0.164 e. The number of benzene rings is 9. The van der Waals surface area contributed by atoms with E-state index in [1.165, 1.54) is 21.9 Å². The first-order chi connectivity index (χ1) is 29.2. The van der Waals surface area contributed by atoms with Crippen LogP contribution in [0, 0.1) is 0 Å². The van der Waals surface area contributed by atoms with Crippen molar-refractivity contribution >= 4 is 32.6 Å². The van der Waals surface area contributed by atoms with Gasteiger partial charge in [0.25, 0.3) is 0 Å². The summed E-state index contributed by atoms with van der Waals surface area (Å²) in [6, 6.07) is 77.1. The van der Waals surface area contributed by atoms with Crippen molar-refractivity contribution in [1.29, 1.82) is 0 Å². The minimum absolute atomic E-state index is 0.608. The van der Waals surface area contributed by atoms with Crippen LogP contribution in [0.4, 0.5) is 0 Å². The zero-order valence-corrected chi connectivity index (χ0v) is 32.1. The number of hydrogen-bond acceptors (Lipinski definition) is 3. The van der Waals surface area contributed by atoms with Crippen LogP contribution >= 0.6 is 0 Å². The summed E-state index contributed by atoms with van der Waals surface area (Å²) in [5, 5.41) is 4.71. The average molecular weight is 753 g/mol. The lowest BCUT2D eigenvalue weighted by Crippen LogP contribution is -2.04. The average Bonchev–Trinajstić information content (AvgIpc) is 3.66. The highest BCUT2D eigenvalue weighted by atomic mass is 15.0. The Kier molecular flexibility index (Phi) is 8.45. The third-order valence-corrected chi connectivity index (χ3v) is 11.2. The van der Waals surface area contributed by atoms with Crippen molar-refractivity contribution in [2.45, 2.75) is 0 Å². The SMILES string of the molecule is c1ccc(-c2ccc3ccc(-c4nc(-c5ccccc5)nc(-c5cc(-c6ccccc6)c(-n6c7ccccc7c7ccccc76)cc5-c5ccccc5)n4)cc3c2)cc1. The van der Waals surface area contributed by atoms with E-state index in [1.54, 1.807) is 0 Å². The first-order valence-electron chi connectivity index (χ1n) is 19.9. The van der Waals surface area contributed by atoms with E-state index in [2.05, 4.69) is 205 Å². The molecule has 0 aliphatic rings. The van der Waals surface area contributed by atoms with E-state index in [0.29, 0.717) is 17.5 Å². The number of rotatable bonds is 7. The van der Waals surface area contributed by atoms with Gasteiger partial charge in [0.1, 0.15) is 0 Å². The molecule has 276 valence electrons. The van der Waals surface area contributed by atoms with Crippen molar-refractivity contribution in [3.8, 4) is 73.2 Å². The fourth-order valence-corrected chi connectivity index (χ4v) is 8.38. The third kappa shape index (κ3) is 6.24. The maximum atomic E-state index is 5.37. The van der Waals surface area contributed by atoms with Gasteiger partial charge in [-0.05, 0) is 75.0 Å². The molecule has 0 bridgehead atoms. The minimum atomic E-state index is 0.608. The lowest BCUT2D eigenvalue weighted by molar-refractivity contribution is 1.07. The van der Waals surface area contributed by atoms with E-state index >= 15 is 0 Å². The lowest BCUT2D eigenvalue weighted by Gasteiger charge is -2.20. The zero-order valence-electron chi connectivity index (χ0n) is 32.1. The standard InChI is InChI=1S/C55H36N4/c1-5-17-37(18-6-1)42-31-29-38-30-32-43(34-44(38)33-42)54-56-53(41-23-11-4-12-24-41)57-55(58-54)49-35-48(40-21-9-3-10-22-40)52(36-47(49)39-19-7-2-8-20-39)59-50-27-15-13-25-45(50)46-26-14-16-28-51(46)59/h1-36H. The lowest BCUT2D eigenvalue weighted by atomic mass is 9.92. The molecule has 0 atom stereocenters. The van der Waals surface area contributed by atoms with Gasteiger partial charge in [0.2, 0.25) is 0 Å². The van der Waals surface area contributed by atoms with Gasteiger partial charge in [-0.3, -0.25) is 0 Å². The Morgan fingerprint density at radius 1 is 0.271 bits per heavy atom. The molecule has 0 aliphatic heterocycles. The fraction of sp³-hybridized carbons (Fsp3) is 0. The summed E-state index contributed by atoms with van der Waals surface area (Å²) in [4.78, 5) is 15.8. The second-order valence-electron chi connectivity index (χ2n) is 14.8. The van der Waals surface area contributed by atoms with Crippen molar-refractivity contribution in [3.63, 3.8) is 0 Å². The minimum Gasteiger partial charge on any atom is -0.309 e. The summed E-state index contributed by atoms with van der Waals surface area (Å²) >= 11 is 0. The second kappa shape index (κ2) is 14.5. The molecule has 59 heavy (non-hydrogen) atoms. The van der Waals surface area contributed by atoms with Crippen molar-refractivity contribution in [2.75, 3.05) is 0 Å². The van der Waals surface area contributed by atoms with Gasteiger partial charge in [-0.2, -0.15) is 0 Å². The number of nitrogens with zero attached hydrogens (tertiary/aromatic N) is 4. The molecule has 11 rings (SSSR count). The molecule has 0 amide bonds. The van der Waals surface area contributed by atoms with Crippen molar-refractivity contribution < 1.29 is 0 Å². The Bertz CT molecular complexity index is 3250. The van der Waals surface area contributed by atoms with Crippen molar-refractivity contribution in [2.24, 2.45) is 0 Å². The van der Waals surface area contributed by atoms with Crippen LogP contribution in [0.2, 0.25) is 0 Å². The molecule has 4 heteroatoms. The molecule has 0 saturated carbocycles. The Hall–Kier alpha value is -7.95. The third-order valence-electron chi connectivity index (χ3n) is 11.2. The molecule has 4 nitrogen and oxygen atoms in total. The highest BCUT2D eigenvalue weighted by Gasteiger charge is 2.22. The van der Waals surface area contributed by atoms with Crippen LogP contribution in [-0.2, 0) is 0 Å². The highest BCUT2D eigenvalue weighted by molar-refractivity contribution is 6.10. The molecule has 0 saturated heterocycles. The summed E-state index contributed by atoms with van der Waals surface area (Å²) in [6.45, 7) is 0. The summed E-state index contributed by atoms with van der Waals surface area (Å²) in [5.41, 5.74) is 12.8. The quantitative estimate of drug-likeness (QED) is 0.163. The Morgan fingerprint density at radius 2 is 0.729 bits per heavy atom. The Balaban J connectivity index is 1.19. The summed E-state index contributed by atoms with van der Waals surface area (Å²) in [6.07, 6.45) is 0. The van der Waals surface area contributed by atoms with Crippen LogP contribution < -0.4 is 0 Å². The van der Waals surface area contributed by atoms with Gasteiger partial charge in [-0.25, -0.2) is 15.0 Å². The fourth-order valence-electron chi connectivity index (χ4n) is 8.38. The van der Waals surface area contributed by atoms with E-state index in [-0.39, 0.29) is 0 Å². The van der Waals surface area contributed by atoms with Crippen LogP contribution in [-0.4, -0.2) is 19.5 Å². The van der Waals surface area contributed by atoms with Gasteiger partial charge >= 0.3 is 0 Å². The largest absolute Gasteiger partial charge is 0.309 e. The monoisotopic (exact) mass is 752 g/mol. The summed E-state index contributed by atoms with van der Waals surface area (Å²) in [5.74, 6) is 1.85. The first-order valence-corrected chi connectivity index (χ1v) is 19.9. The first kappa shape index (κ1) is 34.3. The molecular weight excluding hydrogens is 717 g/mol. The molecule has 0 aliphatic carbocycles. The molecule has 2 heterocycles. The number of para-hydroxylation sites is 2. The molecule has 0 radical (unpaired) electrons. The van der Waals surface area contributed by atoms with Gasteiger partial charge < -0.3 is 4.57 Å². The normalized spacial score (nSPS) is 11.4. The van der Waals surface area contributed by atoms with Crippen LogP contribution in [0.5, 0.6) is 0 Å². The van der Waals surface area contributed by atoms with Gasteiger partial charge in [0, 0.05) is 33.0 Å². The molecule has 0 fully saturated rings. The van der Waals surface area contributed by atoms with Gasteiger partial charge in [-0.1, -0.05) is 182 Å². The van der Waals surface area contributed by atoms with E-state index in [1.807, 2.05) is 18.2 Å². The van der Waals surface area contributed by atoms with Crippen LogP contribution in [0.25, 0.3) is 106 Å². The van der Waals surface area contributed by atoms with Gasteiger partial charge in [0.05, 0.1) is 16.7 Å². The van der Waals surface area contributed by atoms with Gasteiger partial charge in [0.15, 0.2) is 17.5 Å². The van der Waals surface area contributed by atoms with E-state index < -0.39 is 0 Å². The van der Waals surface area contributed by atoms with Crippen molar-refractivity contribution in [1.82, 2.24) is 19.5 Å². The molecular formula is C55H36N4. The van der Waals surface area contributed by atoms with Gasteiger partial charge in [-0.15, -0.1) is 0 Å². The van der Waals surface area contributed by atoms with Crippen LogP contribution in [0.15, 0.2) is 218 Å². The molecule has 11 aromatic rings. The predicted octanol–water partition coefficient (Wildman–Crippen LogP) is 14.1. The van der Waals surface area contributed by atoms with E-state index in [0.717, 1.165) is 66.4 Å². The maximum absolute atomic E-state index is 5.37. The van der Waals surface area contributed by atoms with Crippen molar-refractivity contribution in [3.05, 3.63) is 218 Å². The summed E-state index contributed by atoms with van der Waals surface area (Å²) in [7, 11) is 0. The highest BCUT2D eigenvalue weighted by Crippen LogP contribution is 2.43. The molecule has 0 N–H and O–H groups in total. The molecule has 9 aromatic carbocycles. The zero-order chi connectivity index (χ0) is 39.1. The van der Waals surface area contributed by atoms with E-state index in [9.17, 15) is 0 Å². The molecule has 2 aromatic heterocycles. The topological polar surface area (TPSA) is 43.6 Å². The number of aromatic nitrogens is 4. The molecule has 0 spiro atoms. The van der Waals surface area contributed by atoms with Crippen LogP contribution in [0.1, 0.15) is 0 Å². The summed E-state index contributed by atoms with van der Waals surface area (Å²) < 4.78 is 2.41. The molecule has 0 unspecified atom stereocenters.